The molecule has 8 nitrogen and oxygen atoms in total. The van der Waals surface area contributed by atoms with Gasteiger partial charge in [-0.2, -0.15) is 9.97 Å². The van der Waals surface area contributed by atoms with E-state index in [2.05, 4.69) is 36.4 Å². The van der Waals surface area contributed by atoms with Gasteiger partial charge in [0, 0.05) is 54.1 Å². The molecule has 3 aliphatic rings. The third kappa shape index (κ3) is 5.02. The molecule has 6 rings (SSSR count). The minimum absolute atomic E-state index is 0.0488. The number of nitrogens with zero attached hydrogens (tertiary/aromatic N) is 5. The van der Waals surface area contributed by atoms with E-state index < -0.39 is 0 Å². The van der Waals surface area contributed by atoms with Crippen LogP contribution in [-0.4, -0.2) is 77.6 Å². The normalized spacial score (nSPS) is 21.1. The Balaban J connectivity index is 1.35. The molecule has 0 radical (unpaired) electrons. The maximum atomic E-state index is 12.3. The van der Waals surface area contributed by atoms with Crippen LogP contribution in [0.25, 0.3) is 16.5 Å². The van der Waals surface area contributed by atoms with Gasteiger partial charge in [0.15, 0.2) is 0 Å². The lowest BCUT2D eigenvalue weighted by Gasteiger charge is -2.41. The molecule has 1 aromatic heterocycles. The zero-order chi connectivity index (χ0) is 27.8. The lowest BCUT2D eigenvalue weighted by molar-refractivity contribution is -0.126. The summed E-state index contributed by atoms with van der Waals surface area (Å²) >= 11 is 6.64. The summed E-state index contributed by atoms with van der Waals surface area (Å²) in [4.78, 5) is 28.3. The standard InChI is InChI=1S/C31H34ClN5O3/c1-4-27(38)36-16-17-37(20(2)18-36)29-24-13-14-26(23-11-5-8-21-9-6-12-25(32)28(21)23)40-30(24)34-31(33-29)39-19-22-10-7-15-35(22)3/h4-6,8-9,11-12,14,20,22H,1,7,10,13,15-19H2,2-3H3/t20-,22?/m0/s1. The van der Waals surface area contributed by atoms with Gasteiger partial charge >= 0.3 is 6.01 Å². The first-order valence-electron chi connectivity index (χ1n) is 13.9. The Kier molecular flexibility index (Phi) is 7.38. The van der Waals surface area contributed by atoms with Crippen LogP contribution in [0.15, 0.2) is 55.1 Å². The van der Waals surface area contributed by atoms with Gasteiger partial charge in [0.2, 0.25) is 11.8 Å². The molecule has 1 amide bonds. The number of benzene rings is 2. The number of carbonyl (C=O) groups excluding carboxylic acids is 1. The number of hydrogen-bond acceptors (Lipinski definition) is 7. The predicted octanol–water partition coefficient (Wildman–Crippen LogP) is 4.96. The van der Waals surface area contributed by atoms with E-state index in [9.17, 15) is 4.79 Å². The van der Waals surface area contributed by atoms with Crippen LogP contribution in [0.1, 0.15) is 30.9 Å². The Bertz CT molecular complexity index is 1490. The maximum Gasteiger partial charge on any atom is 0.321 e. The first kappa shape index (κ1) is 26.6. The second-order valence-corrected chi connectivity index (χ2v) is 11.2. The van der Waals surface area contributed by atoms with Crippen molar-refractivity contribution in [2.45, 2.75) is 38.3 Å². The number of likely N-dealkylation sites (tertiary alicyclic amines) is 1. The van der Waals surface area contributed by atoms with E-state index in [1.807, 2.05) is 41.3 Å². The number of aromatic nitrogens is 2. The van der Waals surface area contributed by atoms with Crippen molar-refractivity contribution in [2.75, 3.05) is 44.7 Å². The number of carbonyl (C=O) groups is 1. The number of likely N-dealkylation sites (N-methyl/N-ethyl adjacent to an activating group) is 1. The quantitative estimate of drug-likeness (QED) is 0.395. The molecule has 0 aliphatic carbocycles. The molecule has 0 bridgehead atoms. The minimum Gasteiger partial charge on any atom is -0.462 e. The smallest absolute Gasteiger partial charge is 0.321 e. The molecule has 208 valence electrons. The SMILES string of the molecule is C=CC(=O)N1CCN(c2nc(OCC3CCCN3C)nc3c2CC=C(c2cccc4cccc(Cl)c24)O3)[C@@H](C)C1. The second kappa shape index (κ2) is 11.1. The van der Waals surface area contributed by atoms with E-state index >= 15 is 0 Å². The Morgan fingerprint density at radius 2 is 2.02 bits per heavy atom. The zero-order valence-corrected chi connectivity index (χ0v) is 23.7. The lowest BCUT2D eigenvalue weighted by Crippen LogP contribution is -2.54. The van der Waals surface area contributed by atoms with Crippen LogP contribution >= 0.6 is 11.6 Å². The highest BCUT2D eigenvalue weighted by molar-refractivity contribution is 6.36. The van der Waals surface area contributed by atoms with Crippen LogP contribution in [0.2, 0.25) is 5.02 Å². The van der Waals surface area contributed by atoms with Gasteiger partial charge in [0.05, 0.1) is 5.56 Å². The van der Waals surface area contributed by atoms with Gasteiger partial charge < -0.3 is 24.2 Å². The Morgan fingerprint density at radius 3 is 2.77 bits per heavy atom. The molecule has 9 heteroatoms. The fourth-order valence-electron chi connectivity index (χ4n) is 5.97. The van der Waals surface area contributed by atoms with Crippen molar-refractivity contribution in [3.63, 3.8) is 0 Å². The molecule has 4 heterocycles. The van der Waals surface area contributed by atoms with Crippen molar-refractivity contribution >= 4 is 39.9 Å². The van der Waals surface area contributed by atoms with Crippen molar-refractivity contribution in [1.82, 2.24) is 19.8 Å². The number of amides is 1. The third-order valence-electron chi connectivity index (χ3n) is 8.21. The fourth-order valence-corrected chi connectivity index (χ4v) is 6.25. The van der Waals surface area contributed by atoms with Crippen LogP contribution < -0.4 is 14.4 Å². The topological polar surface area (TPSA) is 71.0 Å². The molecule has 0 spiro atoms. The summed E-state index contributed by atoms with van der Waals surface area (Å²) in [5.41, 5.74) is 1.84. The minimum atomic E-state index is -0.0504. The molecule has 2 fully saturated rings. The highest BCUT2D eigenvalue weighted by Gasteiger charge is 2.32. The summed E-state index contributed by atoms with van der Waals surface area (Å²) in [5, 5.41) is 2.68. The van der Waals surface area contributed by atoms with E-state index in [0.717, 1.165) is 47.1 Å². The van der Waals surface area contributed by atoms with Crippen molar-refractivity contribution in [3.8, 4) is 11.9 Å². The van der Waals surface area contributed by atoms with Crippen LogP contribution in [0, 0.1) is 0 Å². The van der Waals surface area contributed by atoms with Gasteiger partial charge in [0.1, 0.15) is 18.2 Å². The van der Waals surface area contributed by atoms with E-state index in [4.69, 9.17) is 31.0 Å². The molecule has 2 atom stereocenters. The zero-order valence-electron chi connectivity index (χ0n) is 23.0. The summed E-state index contributed by atoms with van der Waals surface area (Å²) in [5.74, 6) is 1.96. The molecule has 3 aliphatic heterocycles. The van der Waals surface area contributed by atoms with Crippen LogP contribution in [0.5, 0.6) is 11.9 Å². The first-order chi connectivity index (χ1) is 19.4. The molecular formula is C31H34ClN5O3. The number of piperazine rings is 1. The summed E-state index contributed by atoms with van der Waals surface area (Å²) in [6.45, 7) is 9.16. The van der Waals surface area contributed by atoms with Crippen LogP contribution in [0.3, 0.4) is 0 Å². The van der Waals surface area contributed by atoms with Crippen molar-refractivity contribution < 1.29 is 14.3 Å². The number of anilines is 1. The molecule has 3 aromatic rings. The summed E-state index contributed by atoms with van der Waals surface area (Å²) in [6, 6.07) is 12.7. The average Bonchev–Trinajstić information content (AvgIpc) is 3.39. The molecule has 0 saturated carbocycles. The molecule has 2 saturated heterocycles. The van der Waals surface area contributed by atoms with Crippen molar-refractivity contribution in [3.05, 3.63) is 71.3 Å². The van der Waals surface area contributed by atoms with Gasteiger partial charge in [-0.25, -0.2) is 0 Å². The lowest BCUT2D eigenvalue weighted by atomic mass is 10.0. The van der Waals surface area contributed by atoms with Gasteiger partial charge in [-0.15, -0.1) is 0 Å². The monoisotopic (exact) mass is 559 g/mol. The summed E-state index contributed by atoms with van der Waals surface area (Å²) in [6.07, 6.45) is 6.31. The van der Waals surface area contributed by atoms with Gasteiger partial charge in [-0.05, 0) is 57.0 Å². The highest BCUT2D eigenvalue weighted by atomic mass is 35.5. The Hall–Kier alpha value is -3.62. The Labute approximate surface area is 239 Å². The van der Waals surface area contributed by atoms with Crippen LogP contribution in [-0.2, 0) is 11.2 Å². The van der Waals surface area contributed by atoms with Crippen molar-refractivity contribution in [2.24, 2.45) is 0 Å². The fraction of sp³-hybridized carbons (Fsp3) is 0.387. The van der Waals surface area contributed by atoms with E-state index in [-0.39, 0.29) is 11.9 Å². The van der Waals surface area contributed by atoms with Gasteiger partial charge in [-0.3, -0.25) is 4.79 Å². The summed E-state index contributed by atoms with van der Waals surface area (Å²) < 4.78 is 12.7. The average molecular weight is 560 g/mol. The predicted molar refractivity (Wildman–Crippen MR) is 158 cm³/mol. The highest BCUT2D eigenvalue weighted by Crippen LogP contribution is 2.39. The van der Waals surface area contributed by atoms with Crippen LogP contribution in [0.4, 0.5) is 5.82 Å². The third-order valence-corrected chi connectivity index (χ3v) is 8.52. The number of allylic oxidation sites excluding steroid dienone is 1. The molecule has 40 heavy (non-hydrogen) atoms. The number of rotatable bonds is 6. The first-order valence-corrected chi connectivity index (χ1v) is 14.3. The Morgan fingerprint density at radius 1 is 1.20 bits per heavy atom. The van der Waals surface area contributed by atoms with E-state index in [1.54, 1.807) is 0 Å². The van der Waals surface area contributed by atoms with E-state index in [1.165, 1.54) is 6.08 Å². The molecule has 0 N–H and O–H groups in total. The maximum absolute atomic E-state index is 12.3. The number of fused-ring (bicyclic) bond motifs is 2. The van der Waals surface area contributed by atoms with Gasteiger partial charge in [0.25, 0.3) is 0 Å². The number of halogens is 1. The molecular weight excluding hydrogens is 526 g/mol. The van der Waals surface area contributed by atoms with E-state index in [0.29, 0.717) is 61.4 Å². The molecule has 2 aromatic carbocycles. The van der Waals surface area contributed by atoms with Gasteiger partial charge in [-0.1, -0.05) is 48.5 Å². The van der Waals surface area contributed by atoms with Crippen molar-refractivity contribution in [1.29, 1.82) is 0 Å². The number of hydrogen-bond donors (Lipinski definition) is 0. The molecule has 1 unspecified atom stereocenters. The second-order valence-electron chi connectivity index (χ2n) is 10.8. The largest absolute Gasteiger partial charge is 0.462 e. The number of ether oxygens (including phenoxy) is 2. The summed E-state index contributed by atoms with van der Waals surface area (Å²) in [7, 11) is 2.13.